The number of hydrogen-bond acceptors (Lipinski definition) is 7. The van der Waals surface area contributed by atoms with Crippen LogP contribution in [0.25, 0.3) is 5.65 Å². The maximum absolute atomic E-state index is 11.3. The highest BCUT2D eigenvalue weighted by atomic mass is 16.3. The summed E-state index contributed by atoms with van der Waals surface area (Å²) in [5.74, 6) is 0.225. The molecule has 0 saturated carbocycles. The van der Waals surface area contributed by atoms with E-state index < -0.39 is 31.0 Å². The molecule has 0 fully saturated rings. The van der Waals surface area contributed by atoms with E-state index in [2.05, 4.69) is 20.6 Å². The van der Waals surface area contributed by atoms with Gasteiger partial charge >= 0.3 is 5.69 Å². The van der Waals surface area contributed by atoms with Gasteiger partial charge in [-0.25, -0.2) is 9.89 Å². The molecule has 0 unspecified atom stereocenters. The van der Waals surface area contributed by atoms with Gasteiger partial charge in [0.1, 0.15) is 11.4 Å². The minimum absolute atomic E-state index is 0.225. The summed E-state index contributed by atoms with van der Waals surface area (Å²) in [5, 5.41) is 40.1. The zero-order valence-corrected chi connectivity index (χ0v) is 9.37. The van der Waals surface area contributed by atoms with Gasteiger partial charge in [0, 0.05) is 0 Å². The highest BCUT2D eigenvalue weighted by molar-refractivity contribution is 5.44. The number of nitrogens with one attached hydrogen (secondary N) is 2. The zero-order valence-electron chi connectivity index (χ0n) is 9.37. The van der Waals surface area contributed by atoms with E-state index in [1.54, 1.807) is 0 Å². The predicted molar refractivity (Wildman–Crippen MR) is 61.2 cm³/mol. The van der Waals surface area contributed by atoms with Crippen molar-refractivity contribution in [2.24, 2.45) is 0 Å². The molecule has 2 heterocycles. The molecule has 2 aromatic rings. The normalized spacial score (nSPS) is 11.9. The third-order valence-corrected chi connectivity index (χ3v) is 2.57. The number of anilines is 1. The zero-order chi connectivity index (χ0) is 13.2. The Balaban J connectivity index is 2.36. The average molecular weight is 255 g/mol. The van der Waals surface area contributed by atoms with E-state index in [9.17, 15) is 4.79 Å². The first kappa shape index (κ1) is 12.5. The fraction of sp³-hybridized carbons (Fsp3) is 0.444. The van der Waals surface area contributed by atoms with Crippen molar-refractivity contribution in [3.8, 4) is 0 Å². The molecule has 18 heavy (non-hydrogen) atoms. The van der Waals surface area contributed by atoms with Crippen LogP contribution < -0.4 is 11.0 Å². The lowest BCUT2D eigenvalue weighted by Crippen LogP contribution is -2.49. The summed E-state index contributed by atoms with van der Waals surface area (Å²) in [7, 11) is 0. The second kappa shape index (κ2) is 4.72. The van der Waals surface area contributed by atoms with Gasteiger partial charge in [0.2, 0.25) is 0 Å². The molecule has 0 atom stereocenters. The van der Waals surface area contributed by atoms with E-state index in [0.29, 0.717) is 5.65 Å². The SMILES string of the molecule is O=c1[nH]nc2ccc(NC(CO)(CO)CO)nn12. The van der Waals surface area contributed by atoms with Crippen molar-refractivity contribution in [1.82, 2.24) is 19.8 Å². The van der Waals surface area contributed by atoms with Gasteiger partial charge < -0.3 is 20.6 Å². The summed E-state index contributed by atoms with van der Waals surface area (Å²) in [5.41, 5.74) is -1.46. The van der Waals surface area contributed by atoms with Gasteiger partial charge in [0.15, 0.2) is 5.65 Å². The van der Waals surface area contributed by atoms with Crippen LogP contribution in [-0.2, 0) is 0 Å². The maximum Gasteiger partial charge on any atom is 0.364 e. The third-order valence-electron chi connectivity index (χ3n) is 2.57. The highest BCUT2D eigenvalue weighted by Gasteiger charge is 2.28. The van der Waals surface area contributed by atoms with Gasteiger partial charge in [-0.15, -0.1) is 5.10 Å². The second-order valence-electron chi connectivity index (χ2n) is 3.90. The summed E-state index contributed by atoms with van der Waals surface area (Å²) in [4.78, 5) is 11.3. The molecule has 9 nitrogen and oxygen atoms in total. The molecule has 9 heteroatoms. The van der Waals surface area contributed by atoms with Crippen LogP contribution >= 0.6 is 0 Å². The lowest BCUT2D eigenvalue weighted by Gasteiger charge is -2.28. The summed E-state index contributed by atoms with van der Waals surface area (Å²) in [6.45, 7) is -1.46. The number of rotatable bonds is 5. The predicted octanol–water partition coefficient (Wildman–Crippen LogP) is -2.45. The van der Waals surface area contributed by atoms with Crippen molar-refractivity contribution < 1.29 is 15.3 Å². The smallest absolute Gasteiger partial charge is 0.364 e. The van der Waals surface area contributed by atoms with Crippen molar-refractivity contribution in [1.29, 1.82) is 0 Å². The van der Waals surface area contributed by atoms with Crippen LogP contribution in [0.5, 0.6) is 0 Å². The largest absolute Gasteiger partial charge is 0.394 e. The summed E-state index contributed by atoms with van der Waals surface area (Å²) >= 11 is 0. The summed E-state index contributed by atoms with van der Waals surface area (Å²) in [6.07, 6.45) is 0. The van der Waals surface area contributed by atoms with Gasteiger partial charge in [-0.05, 0) is 12.1 Å². The van der Waals surface area contributed by atoms with Crippen LogP contribution in [-0.4, -0.2) is 60.5 Å². The highest BCUT2D eigenvalue weighted by Crippen LogP contribution is 2.12. The first-order valence-electron chi connectivity index (χ1n) is 5.19. The van der Waals surface area contributed by atoms with Gasteiger partial charge in [-0.3, -0.25) is 0 Å². The van der Waals surface area contributed by atoms with Gasteiger partial charge in [-0.1, -0.05) is 0 Å². The molecule has 0 saturated heterocycles. The molecule has 0 radical (unpaired) electrons. The number of aromatic amines is 1. The van der Waals surface area contributed by atoms with Crippen molar-refractivity contribution in [2.45, 2.75) is 5.54 Å². The Morgan fingerprint density at radius 1 is 1.28 bits per heavy atom. The Morgan fingerprint density at radius 3 is 2.56 bits per heavy atom. The van der Waals surface area contributed by atoms with Crippen LogP contribution in [0.3, 0.4) is 0 Å². The molecule has 5 N–H and O–H groups in total. The molecule has 2 rings (SSSR count). The minimum atomic E-state index is -1.30. The van der Waals surface area contributed by atoms with Gasteiger partial charge in [0.05, 0.1) is 19.8 Å². The molecule has 0 aliphatic rings. The van der Waals surface area contributed by atoms with Crippen molar-refractivity contribution in [3.05, 3.63) is 22.6 Å². The van der Waals surface area contributed by atoms with Crippen molar-refractivity contribution >= 4 is 11.5 Å². The topological polar surface area (TPSA) is 136 Å². The molecule has 0 bridgehead atoms. The fourth-order valence-corrected chi connectivity index (χ4v) is 1.41. The Kier molecular flexibility index (Phi) is 3.28. The second-order valence-corrected chi connectivity index (χ2v) is 3.90. The summed E-state index contributed by atoms with van der Waals surface area (Å²) < 4.78 is 1.03. The van der Waals surface area contributed by atoms with E-state index in [4.69, 9.17) is 15.3 Å². The molecule has 2 aromatic heterocycles. The number of nitrogens with zero attached hydrogens (tertiary/aromatic N) is 3. The quantitative estimate of drug-likeness (QED) is 0.400. The summed E-state index contributed by atoms with van der Waals surface area (Å²) in [6, 6.07) is 3.05. The lowest BCUT2D eigenvalue weighted by atomic mass is 10.0. The first-order valence-corrected chi connectivity index (χ1v) is 5.19. The molecular formula is C9H13N5O4. The van der Waals surface area contributed by atoms with Crippen molar-refractivity contribution in [2.75, 3.05) is 25.1 Å². The van der Waals surface area contributed by atoms with Crippen LogP contribution in [0.15, 0.2) is 16.9 Å². The Morgan fingerprint density at radius 2 is 1.94 bits per heavy atom. The first-order chi connectivity index (χ1) is 8.64. The average Bonchev–Trinajstić information content (AvgIpc) is 2.78. The number of hydrogen-bond donors (Lipinski definition) is 5. The number of aliphatic hydroxyl groups excluding tert-OH is 3. The molecule has 98 valence electrons. The lowest BCUT2D eigenvalue weighted by molar-refractivity contribution is 0.0830. The van der Waals surface area contributed by atoms with Gasteiger partial charge in [0.25, 0.3) is 0 Å². The van der Waals surface area contributed by atoms with E-state index in [0.717, 1.165) is 4.52 Å². The molecule has 0 spiro atoms. The number of aromatic nitrogens is 4. The van der Waals surface area contributed by atoms with Crippen LogP contribution in [0.1, 0.15) is 0 Å². The Hall–Kier alpha value is -1.97. The molecular weight excluding hydrogens is 242 g/mol. The van der Waals surface area contributed by atoms with Gasteiger partial charge in [-0.2, -0.15) is 9.61 Å². The van der Waals surface area contributed by atoms with Crippen molar-refractivity contribution in [3.63, 3.8) is 0 Å². The van der Waals surface area contributed by atoms with E-state index in [1.807, 2.05) is 0 Å². The van der Waals surface area contributed by atoms with Crippen LogP contribution in [0, 0.1) is 0 Å². The van der Waals surface area contributed by atoms with E-state index in [-0.39, 0.29) is 5.82 Å². The standard InChI is InChI=1S/C9H13N5O4/c15-3-9(4-16,5-17)10-6-1-2-7-11-12-8(18)14(7)13-6/h1-2,15-17H,3-5H2,(H,10,13)(H,12,18). The molecule has 0 aliphatic heterocycles. The third kappa shape index (κ3) is 2.06. The molecule has 0 aromatic carbocycles. The number of H-pyrrole nitrogens is 1. The van der Waals surface area contributed by atoms with Crippen LogP contribution in [0.2, 0.25) is 0 Å². The number of fused-ring (bicyclic) bond motifs is 1. The van der Waals surface area contributed by atoms with Crippen LogP contribution in [0.4, 0.5) is 5.82 Å². The van der Waals surface area contributed by atoms with E-state index >= 15 is 0 Å². The monoisotopic (exact) mass is 255 g/mol. The molecule has 0 aliphatic carbocycles. The Labute approximate surface area is 101 Å². The Bertz CT molecular complexity index is 580. The molecule has 0 amide bonds. The number of aliphatic hydroxyl groups is 3. The maximum atomic E-state index is 11.3. The van der Waals surface area contributed by atoms with E-state index in [1.165, 1.54) is 12.1 Å². The fourth-order valence-electron chi connectivity index (χ4n) is 1.41. The minimum Gasteiger partial charge on any atom is -0.394 e.